The Labute approximate surface area is 150 Å². The van der Waals surface area contributed by atoms with E-state index in [1.807, 2.05) is 13.0 Å². The molecule has 24 heavy (non-hydrogen) atoms. The molecule has 1 atom stereocenters. The van der Waals surface area contributed by atoms with Gasteiger partial charge in [-0.25, -0.2) is 4.79 Å². The second-order valence-corrected chi connectivity index (χ2v) is 5.81. The minimum atomic E-state index is -0.406. The average molecular weight is 369 g/mol. The largest absolute Gasteiger partial charge is 0.497 e. The molecule has 2 N–H and O–H groups in total. The number of urea groups is 1. The zero-order chi connectivity index (χ0) is 17.7. The molecule has 0 bridgehead atoms. The Morgan fingerprint density at radius 1 is 1.12 bits per heavy atom. The maximum Gasteiger partial charge on any atom is 0.319 e. The number of nitrogens with one attached hydrogen (secondary N) is 2. The lowest BCUT2D eigenvalue weighted by Crippen LogP contribution is -2.31. The van der Waals surface area contributed by atoms with Gasteiger partial charge in [0.05, 0.1) is 36.0 Å². The molecule has 2 aromatic carbocycles. The lowest BCUT2D eigenvalue weighted by atomic mass is 10.1. The summed E-state index contributed by atoms with van der Waals surface area (Å²) in [6.45, 7) is 1.84. The third-order valence-electron chi connectivity index (χ3n) is 3.45. The van der Waals surface area contributed by atoms with E-state index in [2.05, 4.69) is 10.6 Å². The number of benzene rings is 2. The van der Waals surface area contributed by atoms with Crippen LogP contribution in [-0.4, -0.2) is 20.3 Å². The molecule has 5 nitrogen and oxygen atoms in total. The molecule has 0 aromatic heterocycles. The summed E-state index contributed by atoms with van der Waals surface area (Å²) in [5.41, 5.74) is 1.23. The highest BCUT2D eigenvalue weighted by Gasteiger charge is 2.16. The van der Waals surface area contributed by atoms with Gasteiger partial charge in [0.2, 0.25) is 0 Å². The van der Waals surface area contributed by atoms with E-state index in [9.17, 15) is 4.79 Å². The number of rotatable bonds is 5. The van der Waals surface area contributed by atoms with Crippen LogP contribution in [0.15, 0.2) is 36.4 Å². The molecule has 128 valence electrons. The molecule has 7 heteroatoms. The van der Waals surface area contributed by atoms with Crippen LogP contribution in [0.5, 0.6) is 11.5 Å². The summed E-state index contributed by atoms with van der Waals surface area (Å²) < 4.78 is 10.6. The maximum absolute atomic E-state index is 12.2. The van der Waals surface area contributed by atoms with Crippen molar-refractivity contribution in [1.29, 1.82) is 0 Å². The van der Waals surface area contributed by atoms with Crippen LogP contribution in [0.2, 0.25) is 10.0 Å². The van der Waals surface area contributed by atoms with Gasteiger partial charge in [0.25, 0.3) is 0 Å². The summed E-state index contributed by atoms with van der Waals surface area (Å²) >= 11 is 12.0. The molecule has 0 unspecified atom stereocenters. The van der Waals surface area contributed by atoms with Gasteiger partial charge in [0.15, 0.2) is 0 Å². The van der Waals surface area contributed by atoms with Crippen LogP contribution < -0.4 is 20.1 Å². The predicted octanol–water partition coefficient (Wildman–Crippen LogP) is 4.89. The molecule has 0 aliphatic carbocycles. The van der Waals surface area contributed by atoms with E-state index in [0.29, 0.717) is 27.2 Å². The Hall–Kier alpha value is -2.11. The van der Waals surface area contributed by atoms with Gasteiger partial charge in [0, 0.05) is 5.56 Å². The van der Waals surface area contributed by atoms with Gasteiger partial charge in [-0.3, -0.25) is 0 Å². The van der Waals surface area contributed by atoms with E-state index in [-0.39, 0.29) is 6.04 Å². The van der Waals surface area contributed by atoms with Crippen LogP contribution >= 0.6 is 23.2 Å². The minimum absolute atomic E-state index is 0.293. The van der Waals surface area contributed by atoms with E-state index in [4.69, 9.17) is 32.7 Å². The van der Waals surface area contributed by atoms with E-state index >= 15 is 0 Å². The molecule has 2 rings (SSSR count). The summed E-state index contributed by atoms with van der Waals surface area (Å²) in [4.78, 5) is 12.2. The first-order valence-electron chi connectivity index (χ1n) is 7.19. The third kappa shape index (κ3) is 4.24. The van der Waals surface area contributed by atoms with Crippen molar-refractivity contribution in [2.24, 2.45) is 0 Å². The molecule has 2 aromatic rings. The molecule has 0 aliphatic rings. The summed E-state index contributed by atoms with van der Waals surface area (Å²) in [6.07, 6.45) is 0. The highest BCUT2D eigenvalue weighted by atomic mass is 35.5. The Kier molecular flexibility index (Phi) is 6.17. The Bertz CT molecular complexity index is 738. The first-order chi connectivity index (χ1) is 11.5. The first-order valence-corrected chi connectivity index (χ1v) is 7.95. The monoisotopic (exact) mass is 368 g/mol. The second kappa shape index (κ2) is 8.13. The quantitative estimate of drug-likeness (QED) is 0.789. The fourth-order valence-corrected chi connectivity index (χ4v) is 2.56. The number of carbonyl (C=O) groups is 1. The van der Waals surface area contributed by atoms with Crippen LogP contribution in [0.1, 0.15) is 18.5 Å². The molecule has 0 aliphatic heterocycles. The third-order valence-corrected chi connectivity index (χ3v) is 4.27. The smallest absolute Gasteiger partial charge is 0.319 e. The van der Waals surface area contributed by atoms with Crippen LogP contribution in [0, 0.1) is 0 Å². The number of halogens is 2. The second-order valence-electron chi connectivity index (χ2n) is 5.03. The number of ether oxygens (including phenoxy) is 2. The highest BCUT2D eigenvalue weighted by molar-refractivity contribution is 6.43. The zero-order valence-electron chi connectivity index (χ0n) is 13.5. The summed E-state index contributed by atoms with van der Waals surface area (Å²) in [6, 6.07) is 9.71. The number of hydrogen-bond acceptors (Lipinski definition) is 3. The Morgan fingerprint density at radius 2 is 1.88 bits per heavy atom. The lowest BCUT2D eigenvalue weighted by molar-refractivity contribution is 0.249. The van der Waals surface area contributed by atoms with Crippen molar-refractivity contribution in [3.05, 3.63) is 52.0 Å². The fraction of sp³-hybridized carbons (Fsp3) is 0.235. The molecule has 0 spiro atoms. The van der Waals surface area contributed by atoms with E-state index in [0.717, 1.165) is 5.56 Å². The zero-order valence-corrected chi connectivity index (χ0v) is 15.0. The first kappa shape index (κ1) is 18.2. The number of anilines is 1. The molecule has 0 heterocycles. The topological polar surface area (TPSA) is 59.6 Å². The molecule has 2 amide bonds. The van der Waals surface area contributed by atoms with Crippen LogP contribution in [0.3, 0.4) is 0 Å². The van der Waals surface area contributed by atoms with Gasteiger partial charge in [-0.15, -0.1) is 0 Å². The van der Waals surface area contributed by atoms with E-state index in [1.54, 1.807) is 44.6 Å². The molecular formula is C17H18Cl2N2O3. The number of amides is 2. The molecule has 0 saturated carbocycles. The van der Waals surface area contributed by atoms with Crippen molar-refractivity contribution in [2.45, 2.75) is 13.0 Å². The van der Waals surface area contributed by atoms with Gasteiger partial charge in [-0.1, -0.05) is 29.3 Å². The van der Waals surface area contributed by atoms with Gasteiger partial charge in [0.1, 0.15) is 11.5 Å². The summed E-state index contributed by atoms with van der Waals surface area (Å²) in [5, 5.41) is 6.17. The van der Waals surface area contributed by atoms with E-state index in [1.165, 1.54) is 0 Å². The lowest BCUT2D eigenvalue weighted by Gasteiger charge is -2.19. The van der Waals surface area contributed by atoms with Gasteiger partial charge < -0.3 is 20.1 Å². The van der Waals surface area contributed by atoms with Crippen LogP contribution in [0.25, 0.3) is 0 Å². The Balaban J connectivity index is 2.13. The van der Waals surface area contributed by atoms with Crippen molar-refractivity contribution >= 4 is 34.9 Å². The predicted molar refractivity (Wildman–Crippen MR) is 96.6 cm³/mol. The van der Waals surface area contributed by atoms with Gasteiger partial charge >= 0.3 is 6.03 Å². The number of carbonyl (C=O) groups excluding carboxylic acids is 1. The molecule has 0 saturated heterocycles. The van der Waals surface area contributed by atoms with Crippen molar-refractivity contribution < 1.29 is 14.3 Å². The fourth-order valence-electron chi connectivity index (χ4n) is 2.21. The van der Waals surface area contributed by atoms with Crippen molar-refractivity contribution in [3.63, 3.8) is 0 Å². The van der Waals surface area contributed by atoms with Crippen molar-refractivity contribution in [1.82, 2.24) is 5.32 Å². The van der Waals surface area contributed by atoms with Gasteiger partial charge in [-0.05, 0) is 37.3 Å². The maximum atomic E-state index is 12.2. The molecule has 0 radical (unpaired) electrons. The average Bonchev–Trinajstić information content (AvgIpc) is 2.58. The van der Waals surface area contributed by atoms with Crippen LogP contribution in [0.4, 0.5) is 10.5 Å². The number of methoxy groups -OCH3 is 2. The number of hydrogen-bond donors (Lipinski definition) is 2. The summed E-state index contributed by atoms with van der Waals surface area (Å²) in [7, 11) is 3.15. The molecular weight excluding hydrogens is 351 g/mol. The van der Waals surface area contributed by atoms with Crippen molar-refractivity contribution in [3.8, 4) is 11.5 Å². The molecule has 0 fully saturated rings. The minimum Gasteiger partial charge on any atom is -0.497 e. The normalized spacial score (nSPS) is 11.5. The highest BCUT2D eigenvalue weighted by Crippen LogP contribution is 2.31. The summed E-state index contributed by atoms with van der Waals surface area (Å²) in [5.74, 6) is 1.34. The standard InChI is InChI=1S/C17H18Cl2N2O3/c1-10(12-9-11(23-2)7-8-15(12)24-3)20-17(22)21-14-6-4-5-13(18)16(14)19/h4-10H,1-3H3,(H2,20,21,22)/t10-/m0/s1. The van der Waals surface area contributed by atoms with E-state index < -0.39 is 6.03 Å². The van der Waals surface area contributed by atoms with Crippen LogP contribution in [-0.2, 0) is 0 Å². The van der Waals surface area contributed by atoms with Crippen molar-refractivity contribution in [2.75, 3.05) is 19.5 Å². The SMILES string of the molecule is COc1ccc(OC)c([C@H](C)NC(=O)Nc2cccc(Cl)c2Cl)c1. The Morgan fingerprint density at radius 3 is 2.54 bits per heavy atom. The van der Waals surface area contributed by atoms with Gasteiger partial charge in [-0.2, -0.15) is 0 Å².